The summed E-state index contributed by atoms with van der Waals surface area (Å²) in [7, 11) is 0. The van der Waals surface area contributed by atoms with Gasteiger partial charge in [0.2, 0.25) is 0 Å². The highest BCUT2D eigenvalue weighted by Gasteiger charge is 2.20. The van der Waals surface area contributed by atoms with Gasteiger partial charge in [-0.3, -0.25) is 10.00 Å². The Hall–Kier alpha value is -2.63. The Bertz CT molecular complexity index is 1110. The van der Waals surface area contributed by atoms with Gasteiger partial charge in [-0.15, -0.1) is 0 Å². The molecule has 29 heavy (non-hydrogen) atoms. The third-order valence-corrected chi connectivity index (χ3v) is 6.22. The van der Waals surface area contributed by atoms with E-state index in [1.54, 1.807) is 0 Å². The number of benzene rings is 2. The van der Waals surface area contributed by atoms with E-state index in [0.29, 0.717) is 12.5 Å². The fourth-order valence-corrected chi connectivity index (χ4v) is 4.80. The maximum atomic E-state index is 9.29. The number of rotatable bonds is 6. The number of fused-ring (bicyclic) bond motifs is 2. The number of hydrogen-bond acceptors (Lipinski definition) is 3. The molecule has 5 heteroatoms. The van der Waals surface area contributed by atoms with Crippen molar-refractivity contribution < 1.29 is 5.11 Å². The van der Waals surface area contributed by atoms with E-state index in [0.717, 1.165) is 25.0 Å². The van der Waals surface area contributed by atoms with Gasteiger partial charge in [0.15, 0.2) is 0 Å². The van der Waals surface area contributed by atoms with Crippen LogP contribution in [0.2, 0.25) is 0 Å². The maximum Gasteiger partial charge on any atom is 0.0650 e. The average molecular weight is 389 g/mol. The Balaban J connectivity index is 1.26. The van der Waals surface area contributed by atoms with Gasteiger partial charge < -0.3 is 9.67 Å². The molecule has 0 amide bonds. The van der Waals surface area contributed by atoms with Crippen LogP contribution in [0.25, 0.3) is 21.8 Å². The van der Waals surface area contributed by atoms with Crippen molar-refractivity contribution in [1.82, 2.24) is 19.7 Å². The van der Waals surface area contributed by atoms with Crippen LogP contribution in [0.15, 0.2) is 54.9 Å². The number of hydrogen-bond donors (Lipinski definition) is 2. The summed E-state index contributed by atoms with van der Waals surface area (Å²) >= 11 is 0. The first-order valence-corrected chi connectivity index (χ1v) is 10.6. The highest BCUT2D eigenvalue weighted by atomic mass is 16.3. The van der Waals surface area contributed by atoms with E-state index in [4.69, 9.17) is 0 Å². The van der Waals surface area contributed by atoms with Crippen molar-refractivity contribution in [3.63, 3.8) is 0 Å². The summed E-state index contributed by atoms with van der Waals surface area (Å²) < 4.78 is 2.14. The Morgan fingerprint density at radius 2 is 2.00 bits per heavy atom. The zero-order valence-electron chi connectivity index (χ0n) is 16.7. The van der Waals surface area contributed by atoms with E-state index in [-0.39, 0.29) is 6.61 Å². The number of H-pyrrole nitrogens is 1. The van der Waals surface area contributed by atoms with Crippen LogP contribution in [-0.2, 0) is 19.5 Å². The lowest BCUT2D eigenvalue weighted by Crippen LogP contribution is -2.35. The Morgan fingerprint density at radius 3 is 2.93 bits per heavy atom. The Kier molecular flexibility index (Phi) is 5.08. The molecule has 1 saturated heterocycles. The van der Waals surface area contributed by atoms with Gasteiger partial charge >= 0.3 is 0 Å². The number of piperidine rings is 1. The smallest absolute Gasteiger partial charge is 0.0650 e. The third-order valence-electron chi connectivity index (χ3n) is 6.22. The van der Waals surface area contributed by atoms with Crippen LogP contribution in [0.5, 0.6) is 0 Å². The van der Waals surface area contributed by atoms with Crippen molar-refractivity contribution in [3.8, 4) is 0 Å². The van der Waals surface area contributed by atoms with E-state index < -0.39 is 0 Å². The zero-order chi connectivity index (χ0) is 19.6. The minimum absolute atomic E-state index is 0.173. The molecule has 0 saturated carbocycles. The van der Waals surface area contributed by atoms with Crippen LogP contribution in [0.3, 0.4) is 0 Å². The number of nitrogens with zero attached hydrogens (tertiary/aromatic N) is 3. The lowest BCUT2D eigenvalue weighted by atomic mass is 9.90. The van der Waals surface area contributed by atoms with E-state index in [1.807, 2.05) is 6.20 Å². The average Bonchev–Trinajstić information content (AvgIpc) is 3.35. The number of aliphatic hydroxyl groups excluding tert-OH is 1. The molecule has 1 aliphatic rings. The summed E-state index contributed by atoms with van der Waals surface area (Å²) in [6, 6.07) is 15.5. The second-order valence-electron chi connectivity index (χ2n) is 8.37. The van der Waals surface area contributed by atoms with E-state index in [2.05, 4.69) is 68.3 Å². The second kappa shape index (κ2) is 8.01. The fraction of sp³-hybridized carbons (Fsp3) is 0.375. The molecule has 2 aromatic carbocycles. The molecule has 1 aliphatic heterocycles. The van der Waals surface area contributed by atoms with Gasteiger partial charge in [-0.2, -0.15) is 5.10 Å². The molecule has 1 unspecified atom stereocenters. The van der Waals surface area contributed by atoms with Crippen molar-refractivity contribution in [3.05, 3.63) is 66.0 Å². The molecule has 4 aromatic rings. The molecule has 0 aliphatic carbocycles. The molecule has 3 heterocycles. The molecule has 5 nitrogen and oxygen atoms in total. The molecule has 2 aromatic heterocycles. The lowest BCUT2D eigenvalue weighted by molar-refractivity contribution is 0.167. The normalized spacial score (nSPS) is 18.0. The lowest BCUT2D eigenvalue weighted by Gasteiger charge is -2.33. The minimum Gasteiger partial charge on any atom is -0.395 e. The van der Waals surface area contributed by atoms with Crippen LogP contribution in [0, 0.1) is 5.92 Å². The van der Waals surface area contributed by atoms with Crippen molar-refractivity contribution in [1.29, 1.82) is 0 Å². The molecule has 0 bridgehead atoms. The molecule has 0 radical (unpaired) electrons. The first-order chi connectivity index (χ1) is 14.3. The van der Waals surface area contributed by atoms with Crippen molar-refractivity contribution in [2.24, 2.45) is 5.92 Å². The van der Waals surface area contributed by atoms with Gasteiger partial charge in [-0.25, -0.2) is 0 Å². The van der Waals surface area contributed by atoms with Crippen LogP contribution < -0.4 is 0 Å². The predicted octanol–water partition coefficient (Wildman–Crippen LogP) is 3.96. The van der Waals surface area contributed by atoms with E-state index in [9.17, 15) is 5.11 Å². The monoisotopic (exact) mass is 388 g/mol. The number of nitrogens with one attached hydrogen (secondary N) is 1. The summed E-state index contributed by atoms with van der Waals surface area (Å²) in [4.78, 5) is 2.60. The molecule has 0 spiro atoms. The summed E-state index contributed by atoms with van der Waals surface area (Å²) in [6.45, 7) is 4.15. The number of aromatic amines is 1. The molecular formula is C24H28N4O. The van der Waals surface area contributed by atoms with Crippen LogP contribution in [0.1, 0.15) is 24.0 Å². The summed E-state index contributed by atoms with van der Waals surface area (Å²) in [5, 5.41) is 18.9. The van der Waals surface area contributed by atoms with Crippen LogP contribution >= 0.6 is 0 Å². The summed E-state index contributed by atoms with van der Waals surface area (Å²) in [6.07, 6.45) is 7.68. The molecule has 150 valence electrons. The van der Waals surface area contributed by atoms with E-state index in [1.165, 1.54) is 46.8 Å². The number of likely N-dealkylation sites (tertiary alicyclic amines) is 1. The molecule has 2 N–H and O–H groups in total. The largest absolute Gasteiger partial charge is 0.395 e. The highest BCUT2D eigenvalue weighted by Crippen LogP contribution is 2.25. The van der Waals surface area contributed by atoms with Crippen molar-refractivity contribution in [2.75, 3.05) is 19.7 Å². The molecule has 1 fully saturated rings. The predicted molar refractivity (Wildman–Crippen MR) is 117 cm³/mol. The van der Waals surface area contributed by atoms with Gasteiger partial charge in [-0.1, -0.05) is 18.2 Å². The molecule has 1 atom stereocenters. The highest BCUT2D eigenvalue weighted by molar-refractivity contribution is 5.81. The SMILES string of the molecule is OCCn1ccc2ccc(CN3CCCC(Cc4ccc5[nH]ncc5c4)C3)cc21. The van der Waals surface area contributed by atoms with Crippen LogP contribution in [-0.4, -0.2) is 44.5 Å². The third kappa shape index (κ3) is 3.93. The van der Waals surface area contributed by atoms with Gasteiger partial charge in [0.05, 0.1) is 18.3 Å². The number of aliphatic hydroxyl groups is 1. The Morgan fingerprint density at radius 1 is 1.07 bits per heavy atom. The van der Waals surface area contributed by atoms with Gasteiger partial charge in [0, 0.05) is 36.7 Å². The number of aromatic nitrogens is 3. The first kappa shape index (κ1) is 18.4. The molecular weight excluding hydrogens is 360 g/mol. The maximum absolute atomic E-state index is 9.29. The summed E-state index contributed by atoms with van der Waals surface area (Å²) in [5.74, 6) is 0.704. The van der Waals surface area contributed by atoms with Gasteiger partial charge in [0.25, 0.3) is 0 Å². The van der Waals surface area contributed by atoms with E-state index >= 15 is 0 Å². The fourth-order valence-electron chi connectivity index (χ4n) is 4.80. The molecule has 5 rings (SSSR count). The second-order valence-corrected chi connectivity index (χ2v) is 8.37. The van der Waals surface area contributed by atoms with Crippen LogP contribution in [0.4, 0.5) is 0 Å². The van der Waals surface area contributed by atoms with Crippen molar-refractivity contribution >= 4 is 21.8 Å². The summed E-state index contributed by atoms with van der Waals surface area (Å²) in [5.41, 5.74) is 5.10. The van der Waals surface area contributed by atoms with Gasteiger partial charge in [0.1, 0.15) is 0 Å². The standard InChI is InChI=1S/C24H28N4O/c29-11-10-28-9-7-21-5-3-20(14-24(21)28)17-27-8-1-2-19(16-27)12-18-4-6-23-22(13-18)15-25-26-23/h3-7,9,13-15,19,29H,1-2,8,10-12,16-17H2,(H,25,26). The minimum atomic E-state index is 0.173. The Labute approximate surface area is 171 Å². The quantitative estimate of drug-likeness (QED) is 0.526. The zero-order valence-corrected chi connectivity index (χ0v) is 16.7. The first-order valence-electron chi connectivity index (χ1n) is 10.6. The van der Waals surface area contributed by atoms with Crippen molar-refractivity contribution in [2.45, 2.75) is 32.4 Å². The van der Waals surface area contributed by atoms with Gasteiger partial charge in [-0.05, 0) is 72.5 Å². The topological polar surface area (TPSA) is 57.1 Å².